The van der Waals surface area contributed by atoms with Gasteiger partial charge in [0, 0.05) is 23.8 Å². The number of anilines is 1. The molecule has 0 fully saturated rings. The number of rotatable bonds is 9. The van der Waals surface area contributed by atoms with Crippen LogP contribution < -0.4 is 20.1 Å². The molecule has 0 saturated carbocycles. The van der Waals surface area contributed by atoms with Crippen molar-refractivity contribution in [3.8, 4) is 11.5 Å². The quantitative estimate of drug-likeness (QED) is 0.714. The summed E-state index contributed by atoms with van der Waals surface area (Å²) in [4.78, 5) is 12.5. The molecular weight excluding hydrogens is 328 g/mol. The van der Waals surface area contributed by atoms with Crippen LogP contribution in [0.5, 0.6) is 11.5 Å². The molecule has 0 spiro atoms. The smallest absolute Gasteiger partial charge is 0.251 e. The topological polar surface area (TPSA) is 59.6 Å². The van der Waals surface area contributed by atoms with Crippen LogP contribution in [-0.4, -0.2) is 32.2 Å². The Hall–Kier alpha value is -2.69. The van der Waals surface area contributed by atoms with Crippen LogP contribution in [0.3, 0.4) is 0 Å². The fourth-order valence-corrected chi connectivity index (χ4v) is 2.59. The normalized spacial score (nSPS) is 11.7. The first kappa shape index (κ1) is 19.6. The molecule has 0 aromatic heterocycles. The maximum absolute atomic E-state index is 12.5. The second kappa shape index (κ2) is 9.70. The summed E-state index contributed by atoms with van der Waals surface area (Å²) in [6.45, 7) is 7.20. The summed E-state index contributed by atoms with van der Waals surface area (Å²) in [6, 6.07) is 15.4. The molecule has 0 aliphatic heterocycles. The van der Waals surface area contributed by atoms with E-state index in [0.29, 0.717) is 36.1 Å². The third kappa shape index (κ3) is 5.41. The number of carbonyl (C=O) groups is 1. The van der Waals surface area contributed by atoms with Crippen molar-refractivity contribution in [2.75, 3.05) is 25.6 Å². The van der Waals surface area contributed by atoms with Gasteiger partial charge in [0.05, 0.1) is 13.7 Å². The Morgan fingerprint density at radius 2 is 1.81 bits per heavy atom. The zero-order valence-corrected chi connectivity index (χ0v) is 15.9. The van der Waals surface area contributed by atoms with Crippen LogP contribution in [0.2, 0.25) is 0 Å². The van der Waals surface area contributed by atoms with Crippen molar-refractivity contribution < 1.29 is 14.3 Å². The molecule has 1 unspecified atom stereocenters. The molecule has 0 saturated heterocycles. The number of amides is 1. The monoisotopic (exact) mass is 356 g/mol. The summed E-state index contributed by atoms with van der Waals surface area (Å²) in [5.74, 6) is 1.43. The van der Waals surface area contributed by atoms with Crippen LogP contribution in [0.15, 0.2) is 48.5 Å². The average Bonchev–Trinajstić information content (AvgIpc) is 2.65. The van der Waals surface area contributed by atoms with Gasteiger partial charge in [-0.2, -0.15) is 0 Å². The minimum Gasteiger partial charge on any atom is -0.493 e. The molecule has 1 atom stereocenters. The summed E-state index contributed by atoms with van der Waals surface area (Å²) < 4.78 is 10.8. The SMILES string of the molecule is CCOc1cc(C(=O)NCC(Nc2ccccc2)C(C)C)ccc1OC. The number of carbonyl (C=O) groups excluding carboxylic acids is 1. The van der Waals surface area contributed by atoms with Gasteiger partial charge in [-0.1, -0.05) is 32.0 Å². The van der Waals surface area contributed by atoms with E-state index in [9.17, 15) is 4.79 Å². The van der Waals surface area contributed by atoms with Crippen molar-refractivity contribution >= 4 is 11.6 Å². The molecule has 2 rings (SSSR count). The van der Waals surface area contributed by atoms with Crippen LogP contribution in [0.1, 0.15) is 31.1 Å². The number of methoxy groups -OCH3 is 1. The van der Waals surface area contributed by atoms with Crippen molar-refractivity contribution in [1.82, 2.24) is 5.32 Å². The molecular formula is C21H28N2O3. The number of nitrogens with one attached hydrogen (secondary N) is 2. The molecule has 26 heavy (non-hydrogen) atoms. The lowest BCUT2D eigenvalue weighted by molar-refractivity contribution is 0.0950. The highest BCUT2D eigenvalue weighted by Crippen LogP contribution is 2.28. The second-order valence-corrected chi connectivity index (χ2v) is 6.37. The van der Waals surface area contributed by atoms with Crippen LogP contribution in [0.4, 0.5) is 5.69 Å². The van der Waals surface area contributed by atoms with Gasteiger partial charge in [0.1, 0.15) is 0 Å². The third-order valence-electron chi connectivity index (χ3n) is 4.14. The lowest BCUT2D eigenvalue weighted by Gasteiger charge is -2.24. The molecule has 0 bridgehead atoms. The first-order valence-corrected chi connectivity index (χ1v) is 8.95. The average molecular weight is 356 g/mol. The van der Waals surface area contributed by atoms with Crippen LogP contribution in [0, 0.1) is 5.92 Å². The maximum atomic E-state index is 12.5. The van der Waals surface area contributed by atoms with Crippen LogP contribution in [-0.2, 0) is 0 Å². The summed E-state index contributed by atoms with van der Waals surface area (Å²) in [7, 11) is 1.58. The van der Waals surface area contributed by atoms with E-state index in [2.05, 4.69) is 24.5 Å². The van der Waals surface area contributed by atoms with Crippen LogP contribution >= 0.6 is 0 Å². The van der Waals surface area contributed by atoms with E-state index in [4.69, 9.17) is 9.47 Å². The molecule has 2 aromatic carbocycles. The lowest BCUT2D eigenvalue weighted by atomic mass is 10.0. The maximum Gasteiger partial charge on any atom is 0.251 e. The molecule has 2 N–H and O–H groups in total. The molecule has 140 valence electrons. The van der Waals surface area contributed by atoms with E-state index in [-0.39, 0.29) is 11.9 Å². The Labute approximate surface area is 155 Å². The number of benzene rings is 2. The van der Waals surface area contributed by atoms with Crippen molar-refractivity contribution in [3.05, 3.63) is 54.1 Å². The molecule has 5 heteroatoms. The number of hydrogen-bond donors (Lipinski definition) is 2. The van der Waals surface area contributed by atoms with E-state index < -0.39 is 0 Å². The van der Waals surface area contributed by atoms with E-state index in [1.54, 1.807) is 25.3 Å². The molecule has 0 heterocycles. The molecule has 0 aliphatic carbocycles. The zero-order chi connectivity index (χ0) is 18.9. The second-order valence-electron chi connectivity index (χ2n) is 6.37. The fraction of sp³-hybridized carbons (Fsp3) is 0.381. The van der Waals surface area contributed by atoms with E-state index in [1.165, 1.54) is 0 Å². The van der Waals surface area contributed by atoms with Gasteiger partial charge >= 0.3 is 0 Å². The van der Waals surface area contributed by atoms with Crippen molar-refractivity contribution in [3.63, 3.8) is 0 Å². The third-order valence-corrected chi connectivity index (χ3v) is 4.14. The number of ether oxygens (including phenoxy) is 2. The van der Waals surface area contributed by atoms with Crippen molar-refractivity contribution in [1.29, 1.82) is 0 Å². The number of hydrogen-bond acceptors (Lipinski definition) is 4. The number of para-hydroxylation sites is 1. The van der Waals surface area contributed by atoms with E-state index >= 15 is 0 Å². The van der Waals surface area contributed by atoms with Gasteiger partial charge in [-0.25, -0.2) is 0 Å². The van der Waals surface area contributed by atoms with Crippen LogP contribution in [0.25, 0.3) is 0 Å². The van der Waals surface area contributed by atoms with Gasteiger partial charge in [0.25, 0.3) is 5.91 Å². The summed E-state index contributed by atoms with van der Waals surface area (Å²) in [5.41, 5.74) is 1.60. The predicted octanol–water partition coefficient (Wildman–Crippen LogP) is 3.96. The standard InChI is InChI=1S/C21H28N2O3/c1-5-26-20-13-16(11-12-19(20)25-4)21(24)22-14-18(15(2)3)23-17-9-7-6-8-10-17/h6-13,15,18,23H,5,14H2,1-4H3,(H,22,24). The van der Waals surface area contributed by atoms with Gasteiger partial charge in [-0.05, 0) is 43.2 Å². The van der Waals surface area contributed by atoms with Gasteiger partial charge in [-0.3, -0.25) is 4.79 Å². The van der Waals surface area contributed by atoms with Crippen molar-refractivity contribution in [2.45, 2.75) is 26.8 Å². The molecule has 5 nitrogen and oxygen atoms in total. The first-order chi connectivity index (χ1) is 12.5. The highest BCUT2D eigenvalue weighted by molar-refractivity contribution is 5.94. The fourth-order valence-electron chi connectivity index (χ4n) is 2.59. The predicted molar refractivity (Wildman–Crippen MR) is 105 cm³/mol. The van der Waals surface area contributed by atoms with Gasteiger partial charge < -0.3 is 20.1 Å². The van der Waals surface area contributed by atoms with E-state index in [1.807, 2.05) is 37.3 Å². The van der Waals surface area contributed by atoms with Gasteiger partial charge in [0.15, 0.2) is 11.5 Å². The molecule has 0 radical (unpaired) electrons. The Bertz CT molecular complexity index is 702. The highest BCUT2D eigenvalue weighted by Gasteiger charge is 2.16. The van der Waals surface area contributed by atoms with Crippen molar-refractivity contribution in [2.24, 2.45) is 5.92 Å². The summed E-state index contributed by atoms with van der Waals surface area (Å²) in [5, 5.41) is 6.49. The summed E-state index contributed by atoms with van der Waals surface area (Å²) >= 11 is 0. The minimum atomic E-state index is -0.130. The molecule has 0 aliphatic rings. The Balaban J connectivity index is 2.02. The highest BCUT2D eigenvalue weighted by atomic mass is 16.5. The zero-order valence-electron chi connectivity index (χ0n) is 15.9. The van der Waals surface area contributed by atoms with E-state index in [0.717, 1.165) is 5.69 Å². The lowest BCUT2D eigenvalue weighted by Crippen LogP contribution is -2.39. The minimum absolute atomic E-state index is 0.130. The molecule has 2 aromatic rings. The Morgan fingerprint density at radius 3 is 2.42 bits per heavy atom. The largest absolute Gasteiger partial charge is 0.493 e. The Kier molecular flexibility index (Phi) is 7.33. The molecule has 1 amide bonds. The Morgan fingerprint density at radius 1 is 1.08 bits per heavy atom. The summed E-state index contributed by atoms with van der Waals surface area (Å²) in [6.07, 6.45) is 0. The van der Waals surface area contributed by atoms with Gasteiger partial charge in [0.2, 0.25) is 0 Å². The van der Waals surface area contributed by atoms with Gasteiger partial charge in [-0.15, -0.1) is 0 Å². The first-order valence-electron chi connectivity index (χ1n) is 8.95.